The zero-order valence-corrected chi connectivity index (χ0v) is 45.9. The molecule has 0 saturated heterocycles. The van der Waals surface area contributed by atoms with E-state index in [1.807, 2.05) is 0 Å². The highest BCUT2D eigenvalue weighted by molar-refractivity contribution is 5.76. The number of hydrogen-bond acceptors (Lipinski definition) is 5. The number of carbonyl (C=O) groups is 2. The van der Waals surface area contributed by atoms with Crippen LogP contribution in [0, 0.1) is 0 Å². The monoisotopic (exact) mass is 958 g/mol. The van der Waals surface area contributed by atoms with E-state index < -0.39 is 12.1 Å². The first kappa shape index (κ1) is 66.3. The van der Waals surface area contributed by atoms with Gasteiger partial charge >= 0.3 is 5.97 Å². The van der Waals surface area contributed by atoms with Gasteiger partial charge in [-0.15, -0.1) is 0 Å². The third-order valence-corrected chi connectivity index (χ3v) is 14.3. The molecule has 0 fully saturated rings. The molecule has 1 amide bonds. The number of aliphatic hydroxyl groups is 2. The summed E-state index contributed by atoms with van der Waals surface area (Å²) in [6, 6.07) is -0.552. The molecule has 0 heterocycles. The molecule has 0 saturated carbocycles. The summed E-state index contributed by atoms with van der Waals surface area (Å²) in [4.78, 5) is 24.6. The Bertz CT molecular complexity index is 1060. The van der Waals surface area contributed by atoms with E-state index >= 15 is 0 Å². The predicted molar refractivity (Wildman–Crippen MR) is 296 cm³/mol. The molecule has 6 nitrogen and oxygen atoms in total. The Labute approximate surface area is 424 Å². The van der Waals surface area contributed by atoms with Crippen LogP contribution in [-0.4, -0.2) is 47.4 Å². The van der Waals surface area contributed by atoms with Gasteiger partial charge in [-0.25, -0.2) is 0 Å². The van der Waals surface area contributed by atoms with Gasteiger partial charge in [-0.1, -0.05) is 289 Å². The Kier molecular flexibility index (Phi) is 56.5. The van der Waals surface area contributed by atoms with E-state index in [0.717, 1.165) is 57.8 Å². The van der Waals surface area contributed by atoms with Gasteiger partial charge in [0.25, 0.3) is 0 Å². The first-order chi connectivity index (χ1) is 33.5. The summed E-state index contributed by atoms with van der Waals surface area (Å²) in [6.07, 6.45) is 70.3. The molecule has 0 bridgehead atoms. The quantitative estimate of drug-likeness (QED) is 0.0321. The van der Waals surface area contributed by atoms with Crippen molar-refractivity contribution in [1.29, 1.82) is 0 Å². The first-order valence-electron chi connectivity index (χ1n) is 30.6. The number of ether oxygens (including phenoxy) is 1. The van der Waals surface area contributed by atoms with Crippen LogP contribution < -0.4 is 5.32 Å². The molecule has 3 N–H and O–H groups in total. The largest absolute Gasteiger partial charge is 0.466 e. The number of aliphatic hydroxyl groups excluding tert-OH is 2. The van der Waals surface area contributed by atoms with E-state index in [-0.39, 0.29) is 18.5 Å². The molecule has 0 aromatic heterocycles. The topological polar surface area (TPSA) is 95.9 Å². The van der Waals surface area contributed by atoms with E-state index in [4.69, 9.17) is 4.74 Å². The van der Waals surface area contributed by atoms with Gasteiger partial charge in [0.1, 0.15) is 0 Å². The lowest BCUT2D eigenvalue weighted by Crippen LogP contribution is -2.45. The van der Waals surface area contributed by atoms with Gasteiger partial charge in [0, 0.05) is 12.8 Å². The second kappa shape index (κ2) is 57.9. The number of rotatable bonds is 57. The van der Waals surface area contributed by atoms with Gasteiger partial charge in [-0.2, -0.15) is 0 Å². The lowest BCUT2D eigenvalue weighted by Gasteiger charge is -2.22. The van der Waals surface area contributed by atoms with Crippen LogP contribution in [0.15, 0.2) is 24.3 Å². The molecule has 2 unspecified atom stereocenters. The molecule has 0 aromatic rings. The lowest BCUT2D eigenvalue weighted by atomic mass is 10.0. The molecule has 0 radical (unpaired) electrons. The molecule has 0 aliphatic carbocycles. The van der Waals surface area contributed by atoms with Crippen molar-refractivity contribution in [3.8, 4) is 0 Å². The van der Waals surface area contributed by atoms with E-state index in [2.05, 4.69) is 43.5 Å². The maximum Gasteiger partial charge on any atom is 0.305 e. The molecule has 6 heteroatoms. The van der Waals surface area contributed by atoms with Crippen LogP contribution in [0.5, 0.6) is 0 Å². The average molecular weight is 959 g/mol. The van der Waals surface area contributed by atoms with E-state index in [0.29, 0.717) is 25.9 Å². The van der Waals surface area contributed by atoms with Crippen LogP contribution in [0.25, 0.3) is 0 Å². The maximum absolute atomic E-state index is 12.5. The van der Waals surface area contributed by atoms with Crippen molar-refractivity contribution in [2.24, 2.45) is 0 Å². The number of hydrogen-bond donors (Lipinski definition) is 3. The molecule has 2 atom stereocenters. The van der Waals surface area contributed by atoms with Crippen LogP contribution in [0.1, 0.15) is 335 Å². The molecule has 0 aliphatic rings. The predicted octanol–water partition coefficient (Wildman–Crippen LogP) is 19.0. The standard InChI is InChI=1S/C62H119NO5/c1-3-5-7-9-11-13-15-17-19-21-23-24-25-27-30-34-38-42-46-50-54-60(65)59(58-64)63-61(66)55-51-47-43-39-35-31-29-33-37-41-45-49-53-57-68-62(67)56-52-48-44-40-36-32-28-26-22-20-18-16-14-12-10-8-6-4-2/h14,16,20,22,59-60,64-65H,3-13,15,17-19,21,23-58H2,1-2H3,(H,63,66)/b16-14-,22-20-. The molecule has 0 aromatic carbocycles. The van der Waals surface area contributed by atoms with E-state index in [9.17, 15) is 19.8 Å². The van der Waals surface area contributed by atoms with Gasteiger partial charge in [0.05, 0.1) is 25.4 Å². The highest BCUT2D eigenvalue weighted by Gasteiger charge is 2.20. The van der Waals surface area contributed by atoms with Crippen molar-refractivity contribution in [3.63, 3.8) is 0 Å². The van der Waals surface area contributed by atoms with Crippen molar-refractivity contribution >= 4 is 11.9 Å². The van der Waals surface area contributed by atoms with Crippen LogP contribution in [0.4, 0.5) is 0 Å². The summed E-state index contributed by atoms with van der Waals surface area (Å²) < 4.78 is 5.48. The molecule has 0 spiro atoms. The van der Waals surface area contributed by atoms with Crippen LogP contribution in [0.2, 0.25) is 0 Å². The van der Waals surface area contributed by atoms with E-state index in [1.165, 1.54) is 244 Å². The number of esters is 1. The molecule has 0 aliphatic heterocycles. The van der Waals surface area contributed by atoms with Crippen molar-refractivity contribution in [2.45, 2.75) is 347 Å². The minimum atomic E-state index is -0.674. The summed E-state index contributed by atoms with van der Waals surface area (Å²) >= 11 is 0. The Balaban J connectivity index is 3.44. The Morgan fingerprint density at radius 2 is 0.735 bits per heavy atom. The normalized spacial score (nSPS) is 12.7. The number of nitrogens with one attached hydrogen (secondary N) is 1. The highest BCUT2D eigenvalue weighted by atomic mass is 16.5. The zero-order valence-electron chi connectivity index (χ0n) is 45.9. The van der Waals surface area contributed by atoms with Gasteiger partial charge in [0.2, 0.25) is 5.91 Å². The second-order valence-corrected chi connectivity index (χ2v) is 21.0. The van der Waals surface area contributed by atoms with Gasteiger partial charge < -0.3 is 20.3 Å². The lowest BCUT2D eigenvalue weighted by molar-refractivity contribution is -0.143. The Hall–Kier alpha value is -1.66. The smallest absolute Gasteiger partial charge is 0.305 e. The fourth-order valence-corrected chi connectivity index (χ4v) is 9.55. The highest BCUT2D eigenvalue weighted by Crippen LogP contribution is 2.18. The second-order valence-electron chi connectivity index (χ2n) is 21.0. The Morgan fingerprint density at radius 3 is 1.13 bits per heavy atom. The van der Waals surface area contributed by atoms with Crippen molar-refractivity contribution in [1.82, 2.24) is 5.32 Å². The molecular weight excluding hydrogens is 839 g/mol. The molecule has 0 rings (SSSR count). The zero-order chi connectivity index (χ0) is 49.3. The van der Waals surface area contributed by atoms with Crippen LogP contribution >= 0.6 is 0 Å². The van der Waals surface area contributed by atoms with Crippen molar-refractivity contribution < 1.29 is 24.5 Å². The summed E-state index contributed by atoms with van der Waals surface area (Å²) in [7, 11) is 0. The van der Waals surface area contributed by atoms with E-state index in [1.54, 1.807) is 0 Å². The molecule has 68 heavy (non-hydrogen) atoms. The van der Waals surface area contributed by atoms with Crippen LogP contribution in [-0.2, 0) is 14.3 Å². The fourth-order valence-electron chi connectivity index (χ4n) is 9.55. The SMILES string of the molecule is CCCCCC/C=C\C/C=C\CCCCCCCCCC(=O)OCCCCCCCCCCCCCCCC(=O)NC(CO)C(O)CCCCCCCCCCCCCCCCCCCCCC. The van der Waals surface area contributed by atoms with Crippen molar-refractivity contribution in [3.05, 3.63) is 24.3 Å². The van der Waals surface area contributed by atoms with Gasteiger partial charge in [0.15, 0.2) is 0 Å². The third-order valence-electron chi connectivity index (χ3n) is 14.3. The number of carbonyl (C=O) groups excluding carboxylic acids is 2. The summed E-state index contributed by atoms with van der Waals surface area (Å²) in [5, 5.41) is 23.3. The van der Waals surface area contributed by atoms with Gasteiger partial charge in [-0.05, 0) is 57.8 Å². The third kappa shape index (κ3) is 53.7. The maximum atomic E-state index is 12.5. The minimum Gasteiger partial charge on any atom is -0.466 e. The number of amides is 1. The summed E-state index contributed by atoms with van der Waals surface area (Å²) in [5.41, 5.74) is 0. The molecule has 402 valence electrons. The summed E-state index contributed by atoms with van der Waals surface area (Å²) in [6.45, 7) is 4.93. The summed E-state index contributed by atoms with van der Waals surface area (Å²) in [5.74, 6) is -0.0570. The minimum absolute atomic E-state index is 0.0118. The van der Waals surface area contributed by atoms with Crippen molar-refractivity contribution in [2.75, 3.05) is 13.2 Å². The average Bonchev–Trinajstić information content (AvgIpc) is 3.34. The van der Waals surface area contributed by atoms with Gasteiger partial charge in [-0.3, -0.25) is 9.59 Å². The molecular formula is C62H119NO5. The number of unbranched alkanes of at least 4 members (excludes halogenated alkanes) is 42. The number of allylic oxidation sites excluding steroid dienone is 4. The Morgan fingerprint density at radius 1 is 0.412 bits per heavy atom. The van der Waals surface area contributed by atoms with Crippen LogP contribution in [0.3, 0.4) is 0 Å². The fraction of sp³-hybridized carbons (Fsp3) is 0.903. The first-order valence-corrected chi connectivity index (χ1v) is 30.6.